The number of hydrogen-bond acceptors (Lipinski definition) is 5. The van der Waals surface area contributed by atoms with Crippen LogP contribution >= 0.6 is 0 Å². The number of aromatic nitrogens is 2. The van der Waals surface area contributed by atoms with E-state index in [-0.39, 0.29) is 0 Å². The third-order valence-electron chi connectivity index (χ3n) is 4.60. The Morgan fingerprint density at radius 1 is 1.31 bits per heavy atom. The molecule has 6 heteroatoms. The average molecular weight is 354 g/mol. The summed E-state index contributed by atoms with van der Waals surface area (Å²) in [6, 6.07) is 7.60. The molecule has 0 bridgehead atoms. The molecule has 0 spiro atoms. The van der Waals surface area contributed by atoms with Crippen LogP contribution in [0.1, 0.15) is 41.8 Å². The van der Waals surface area contributed by atoms with E-state index in [0.29, 0.717) is 23.5 Å². The van der Waals surface area contributed by atoms with Gasteiger partial charge in [0.1, 0.15) is 0 Å². The Balaban J connectivity index is 1.52. The molecule has 2 N–H and O–H groups in total. The van der Waals surface area contributed by atoms with Crippen molar-refractivity contribution in [3.63, 3.8) is 0 Å². The van der Waals surface area contributed by atoms with E-state index >= 15 is 0 Å². The van der Waals surface area contributed by atoms with Crippen LogP contribution in [0.3, 0.4) is 0 Å². The zero-order chi connectivity index (χ0) is 18.5. The summed E-state index contributed by atoms with van der Waals surface area (Å²) in [4.78, 5) is 22.3. The predicted octanol–water partition coefficient (Wildman–Crippen LogP) is 3.06. The summed E-state index contributed by atoms with van der Waals surface area (Å²) in [7, 11) is 0. The smallest absolute Gasteiger partial charge is 0.335 e. The number of benzene rings is 1. The van der Waals surface area contributed by atoms with E-state index in [1.54, 1.807) is 12.1 Å². The number of nitrogens with zero attached hydrogens (tertiary/aromatic N) is 3. The lowest BCUT2D eigenvalue weighted by Gasteiger charge is -2.16. The van der Waals surface area contributed by atoms with Gasteiger partial charge >= 0.3 is 5.97 Å². The van der Waals surface area contributed by atoms with Crippen molar-refractivity contribution in [2.75, 3.05) is 18.4 Å². The first-order valence-electron chi connectivity index (χ1n) is 9.11. The summed E-state index contributed by atoms with van der Waals surface area (Å²) < 4.78 is 0. The van der Waals surface area contributed by atoms with Crippen molar-refractivity contribution in [2.24, 2.45) is 5.92 Å². The molecule has 2 heterocycles. The van der Waals surface area contributed by atoms with Gasteiger partial charge in [0.25, 0.3) is 0 Å². The maximum Gasteiger partial charge on any atom is 0.335 e. The molecule has 0 radical (unpaired) electrons. The Labute approximate surface area is 154 Å². The van der Waals surface area contributed by atoms with Crippen molar-refractivity contribution in [1.82, 2.24) is 14.9 Å². The van der Waals surface area contributed by atoms with Gasteiger partial charge in [-0.05, 0) is 56.8 Å². The third-order valence-corrected chi connectivity index (χ3v) is 4.60. The highest BCUT2D eigenvalue weighted by molar-refractivity contribution is 5.87. The van der Waals surface area contributed by atoms with E-state index in [4.69, 9.17) is 5.11 Å². The lowest BCUT2D eigenvalue weighted by Crippen LogP contribution is -2.21. The normalized spacial score (nSPS) is 17.6. The van der Waals surface area contributed by atoms with Crippen LogP contribution in [-0.4, -0.2) is 45.1 Å². The molecule has 1 atom stereocenters. The number of rotatable bonds is 7. The van der Waals surface area contributed by atoms with E-state index in [1.807, 2.05) is 24.5 Å². The molecule has 1 aromatic heterocycles. The van der Waals surface area contributed by atoms with Gasteiger partial charge in [-0.15, -0.1) is 0 Å². The van der Waals surface area contributed by atoms with Gasteiger partial charge in [-0.1, -0.05) is 12.1 Å². The van der Waals surface area contributed by atoms with Crippen LogP contribution in [0.15, 0.2) is 36.7 Å². The van der Waals surface area contributed by atoms with Gasteiger partial charge in [0.05, 0.1) is 5.56 Å². The highest BCUT2D eigenvalue weighted by Crippen LogP contribution is 2.23. The fourth-order valence-corrected chi connectivity index (χ4v) is 3.42. The van der Waals surface area contributed by atoms with E-state index in [9.17, 15) is 4.79 Å². The predicted molar refractivity (Wildman–Crippen MR) is 101 cm³/mol. The van der Waals surface area contributed by atoms with Crippen LogP contribution in [0.5, 0.6) is 0 Å². The molecule has 0 saturated carbocycles. The monoisotopic (exact) mass is 354 g/mol. The van der Waals surface area contributed by atoms with Crippen molar-refractivity contribution in [3.8, 4) is 0 Å². The van der Waals surface area contributed by atoms with E-state index in [2.05, 4.69) is 34.0 Å². The fourth-order valence-electron chi connectivity index (χ4n) is 3.42. The molecule has 1 fully saturated rings. The Morgan fingerprint density at radius 3 is 2.77 bits per heavy atom. The molecule has 2 aromatic rings. The number of hydrogen-bond donors (Lipinski definition) is 2. The summed E-state index contributed by atoms with van der Waals surface area (Å²) >= 11 is 0. The van der Waals surface area contributed by atoms with Gasteiger partial charge in [0.15, 0.2) is 0 Å². The molecule has 0 unspecified atom stereocenters. The zero-order valence-corrected chi connectivity index (χ0v) is 15.4. The third kappa shape index (κ3) is 5.02. The largest absolute Gasteiger partial charge is 0.478 e. The van der Waals surface area contributed by atoms with Crippen molar-refractivity contribution in [3.05, 3.63) is 53.3 Å². The number of nitrogens with one attached hydrogen (secondary N) is 1. The Bertz CT molecular complexity index is 746. The quantitative estimate of drug-likeness (QED) is 0.796. The van der Waals surface area contributed by atoms with Crippen LogP contribution < -0.4 is 5.32 Å². The minimum atomic E-state index is -0.865. The van der Waals surface area contributed by atoms with Crippen molar-refractivity contribution < 1.29 is 9.90 Å². The molecular weight excluding hydrogens is 328 g/mol. The van der Waals surface area contributed by atoms with Crippen molar-refractivity contribution in [2.45, 2.75) is 39.3 Å². The lowest BCUT2D eigenvalue weighted by atomic mass is 9.97. The maximum atomic E-state index is 11.1. The first-order chi connectivity index (χ1) is 12.5. The van der Waals surface area contributed by atoms with Gasteiger partial charge in [0.2, 0.25) is 5.95 Å². The van der Waals surface area contributed by atoms with Crippen molar-refractivity contribution >= 4 is 11.9 Å². The van der Waals surface area contributed by atoms with Gasteiger partial charge in [0, 0.05) is 37.1 Å². The van der Waals surface area contributed by atoms with E-state index < -0.39 is 5.97 Å². The second-order valence-corrected chi connectivity index (χ2v) is 7.31. The SMILES string of the molecule is CC(C)Nc1ncc(CN2CC[C@H](Cc3cccc(C(=O)O)c3)C2)cn1. The standard InChI is InChI=1S/C20H26N4O2/c1-14(2)23-20-21-10-17(11-22-20)13-24-7-6-16(12-24)8-15-4-3-5-18(9-15)19(25)26/h3-5,9-11,14,16H,6-8,12-13H2,1-2H3,(H,25,26)(H,21,22,23)/t16-/m1/s1. The molecule has 26 heavy (non-hydrogen) atoms. The zero-order valence-electron chi connectivity index (χ0n) is 15.4. The van der Waals surface area contributed by atoms with Gasteiger partial charge in [-0.25, -0.2) is 14.8 Å². The molecule has 3 rings (SSSR count). The topological polar surface area (TPSA) is 78.4 Å². The molecule has 1 aliphatic rings. The van der Waals surface area contributed by atoms with Gasteiger partial charge in [-0.3, -0.25) is 4.90 Å². The van der Waals surface area contributed by atoms with Crippen molar-refractivity contribution in [1.29, 1.82) is 0 Å². The second kappa shape index (κ2) is 8.27. The minimum Gasteiger partial charge on any atom is -0.478 e. The highest BCUT2D eigenvalue weighted by atomic mass is 16.4. The van der Waals surface area contributed by atoms with Gasteiger partial charge in [-0.2, -0.15) is 0 Å². The van der Waals surface area contributed by atoms with Crippen LogP contribution in [0.25, 0.3) is 0 Å². The molecule has 6 nitrogen and oxygen atoms in total. The van der Waals surface area contributed by atoms with Crippen LogP contribution in [0.4, 0.5) is 5.95 Å². The number of aromatic carboxylic acids is 1. The molecule has 138 valence electrons. The summed E-state index contributed by atoms with van der Waals surface area (Å²) in [5.41, 5.74) is 2.58. The first kappa shape index (κ1) is 18.3. The Kier molecular flexibility index (Phi) is 5.83. The number of carboxylic acid groups (broad SMARTS) is 1. The van der Waals surface area contributed by atoms with E-state index in [0.717, 1.165) is 43.6 Å². The number of carbonyl (C=O) groups is 1. The number of carboxylic acids is 1. The van der Waals surface area contributed by atoms with Gasteiger partial charge < -0.3 is 10.4 Å². The molecule has 1 saturated heterocycles. The summed E-state index contributed by atoms with van der Waals surface area (Å²) in [6.45, 7) is 7.05. The van der Waals surface area contributed by atoms with Crippen LogP contribution in [-0.2, 0) is 13.0 Å². The lowest BCUT2D eigenvalue weighted by molar-refractivity contribution is 0.0696. The summed E-state index contributed by atoms with van der Waals surface area (Å²) in [6.07, 6.45) is 5.83. The van der Waals surface area contributed by atoms with Crippen LogP contribution in [0, 0.1) is 5.92 Å². The molecule has 0 amide bonds. The molecular formula is C20H26N4O2. The minimum absolute atomic E-state index is 0.319. The highest BCUT2D eigenvalue weighted by Gasteiger charge is 2.23. The first-order valence-corrected chi connectivity index (χ1v) is 9.11. The number of anilines is 1. The second-order valence-electron chi connectivity index (χ2n) is 7.31. The maximum absolute atomic E-state index is 11.1. The average Bonchev–Trinajstić information content (AvgIpc) is 3.03. The number of likely N-dealkylation sites (tertiary alicyclic amines) is 1. The summed E-state index contributed by atoms with van der Waals surface area (Å²) in [5.74, 6) is 0.360. The van der Waals surface area contributed by atoms with Crippen LogP contribution in [0.2, 0.25) is 0 Å². The Hall–Kier alpha value is -2.47. The molecule has 0 aliphatic carbocycles. The molecule has 1 aliphatic heterocycles. The Morgan fingerprint density at radius 2 is 2.08 bits per heavy atom. The molecule has 1 aromatic carbocycles. The summed E-state index contributed by atoms with van der Waals surface area (Å²) in [5, 5.41) is 12.3. The fraction of sp³-hybridized carbons (Fsp3) is 0.450. The van der Waals surface area contributed by atoms with E-state index in [1.165, 1.54) is 0 Å².